The Hall–Kier alpha value is -1.84. The lowest BCUT2D eigenvalue weighted by atomic mass is 10.0. The maximum Gasteiger partial charge on any atom is 0.163 e. The molecule has 0 saturated heterocycles. The highest BCUT2D eigenvalue weighted by molar-refractivity contribution is 6.03. The van der Waals surface area contributed by atoms with Gasteiger partial charge < -0.3 is 10.2 Å². The van der Waals surface area contributed by atoms with E-state index in [1.165, 1.54) is 19.9 Å². The van der Waals surface area contributed by atoms with E-state index in [4.69, 9.17) is 0 Å². The highest BCUT2D eigenvalue weighted by Crippen LogP contribution is 2.27. The van der Waals surface area contributed by atoms with Gasteiger partial charge in [-0.2, -0.15) is 0 Å². The topological polar surface area (TPSA) is 74.6 Å². The molecular formula is C10H10O4. The fraction of sp³-hybridized carbons (Fsp3) is 0.200. The summed E-state index contributed by atoms with van der Waals surface area (Å²) in [5.41, 5.74) is 0.0704. The Kier molecular flexibility index (Phi) is 2.56. The SMILES string of the molecule is CC(=O)c1cc(C(C)=O)c(O)cc1O. The average molecular weight is 194 g/mol. The predicted octanol–water partition coefficient (Wildman–Crippen LogP) is 1.50. The lowest BCUT2D eigenvalue weighted by molar-refractivity contribution is 0.101. The van der Waals surface area contributed by atoms with Crippen LogP contribution < -0.4 is 0 Å². The van der Waals surface area contributed by atoms with Crippen LogP contribution in [0.4, 0.5) is 0 Å². The van der Waals surface area contributed by atoms with Crippen LogP contribution in [0.2, 0.25) is 0 Å². The van der Waals surface area contributed by atoms with Crippen molar-refractivity contribution in [2.45, 2.75) is 13.8 Å². The first-order chi connectivity index (χ1) is 6.43. The molecule has 0 spiro atoms. The van der Waals surface area contributed by atoms with Crippen LogP contribution in [0, 0.1) is 0 Å². The quantitative estimate of drug-likeness (QED) is 0.699. The van der Waals surface area contributed by atoms with E-state index in [1.807, 2.05) is 0 Å². The molecule has 0 fully saturated rings. The van der Waals surface area contributed by atoms with Crippen molar-refractivity contribution in [3.8, 4) is 11.5 Å². The molecule has 4 nitrogen and oxygen atoms in total. The molecule has 74 valence electrons. The zero-order valence-corrected chi connectivity index (χ0v) is 7.87. The molecule has 0 aliphatic carbocycles. The second-order valence-electron chi connectivity index (χ2n) is 3.00. The van der Waals surface area contributed by atoms with Crippen LogP contribution >= 0.6 is 0 Å². The minimum Gasteiger partial charge on any atom is -0.507 e. The number of benzene rings is 1. The second-order valence-corrected chi connectivity index (χ2v) is 3.00. The van der Waals surface area contributed by atoms with Gasteiger partial charge in [0.05, 0.1) is 11.1 Å². The highest BCUT2D eigenvalue weighted by Gasteiger charge is 2.14. The number of hydrogen-bond acceptors (Lipinski definition) is 4. The number of ketones is 2. The number of Topliss-reactive ketones (excluding diaryl/α,β-unsaturated/α-hetero) is 2. The molecule has 0 saturated carbocycles. The first kappa shape index (κ1) is 10.2. The van der Waals surface area contributed by atoms with Gasteiger partial charge in [0.15, 0.2) is 11.6 Å². The minimum absolute atomic E-state index is 0.0352. The molecule has 14 heavy (non-hydrogen) atoms. The first-order valence-electron chi connectivity index (χ1n) is 4.01. The van der Waals surface area contributed by atoms with Gasteiger partial charge in [0.2, 0.25) is 0 Å². The Labute approximate surface area is 80.8 Å². The van der Waals surface area contributed by atoms with Crippen LogP contribution in [0.1, 0.15) is 34.6 Å². The van der Waals surface area contributed by atoms with E-state index in [2.05, 4.69) is 0 Å². The van der Waals surface area contributed by atoms with Crippen LogP contribution in [-0.2, 0) is 0 Å². The number of phenolic OH excluding ortho intramolecular Hbond substituents is 2. The fourth-order valence-corrected chi connectivity index (χ4v) is 1.14. The molecule has 0 bridgehead atoms. The van der Waals surface area contributed by atoms with Crippen molar-refractivity contribution in [1.29, 1.82) is 0 Å². The molecule has 0 aliphatic heterocycles. The van der Waals surface area contributed by atoms with E-state index in [9.17, 15) is 19.8 Å². The molecule has 1 aromatic rings. The Morgan fingerprint density at radius 1 is 0.929 bits per heavy atom. The summed E-state index contributed by atoms with van der Waals surface area (Å²) in [6.07, 6.45) is 0. The molecule has 0 atom stereocenters. The van der Waals surface area contributed by atoms with Gasteiger partial charge >= 0.3 is 0 Å². The van der Waals surface area contributed by atoms with E-state index in [0.29, 0.717) is 0 Å². The molecule has 0 radical (unpaired) electrons. The Morgan fingerprint density at radius 2 is 1.29 bits per heavy atom. The Balaban J connectivity index is 3.42. The molecule has 1 rings (SSSR count). The van der Waals surface area contributed by atoms with E-state index in [-0.39, 0.29) is 34.2 Å². The zero-order valence-electron chi connectivity index (χ0n) is 7.87. The summed E-state index contributed by atoms with van der Waals surface area (Å²) in [6.45, 7) is 2.55. The lowest BCUT2D eigenvalue weighted by Crippen LogP contribution is -1.99. The smallest absolute Gasteiger partial charge is 0.163 e. The number of carbonyl (C=O) groups excluding carboxylic acids is 2. The predicted molar refractivity (Wildman–Crippen MR) is 49.8 cm³/mol. The van der Waals surface area contributed by atoms with E-state index >= 15 is 0 Å². The summed E-state index contributed by atoms with van der Waals surface area (Å²) in [7, 11) is 0. The molecule has 0 aromatic heterocycles. The maximum absolute atomic E-state index is 11.0. The van der Waals surface area contributed by atoms with Crippen molar-refractivity contribution >= 4 is 11.6 Å². The third-order valence-electron chi connectivity index (χ3n) is 1.87. The van der Waals surface area contributed by atoms with Crippen LogP contribution in [0.15, 0.2) is 12.1 Å². The van der Waals surface area contributed by atoms with Crippen molar-refractivity contribution in [3.05, 3.63) is 23.3 Å². The lowest BCUT2D eigenvalue weighted by Gasteiger charge is -2.05. The van der Waals surface area contributed by atoms with Gasteiger partial charge in [-0.05, 0) is 19.9 Å². The summed E-state index contributed by atoms with van der Waals surface area (Å²) in [5.74, 6) is -1.35. The third-order valence-corrected chi connectivity index (χ3v) is 1.87. The van der Waals surface area contributed by atoms with E-state index < -0.39 is 0 Å². The minimum atomic E-state index is -0.356. The van der Waals surface area contributed by atoms with Gasteiger partial charge in [0.25, 0.3) is 0 Å². The molecule has 0 unspecified atom stereocenters. The van der Waals surface area contributed by atoms with Crippen molar-refractivity contribution in [2.75, 3.05) is 0 Å². The number of carbonyl (C=O) groups is 2. The van der Waals surface area contributed by atoms with Gasteiger partial charge in [-0.15, -0.1) is 0 Å². The highest BCUT2D eigenvalue weighted by atomic mass is 16.3. The van der Waals surface area contributed by atoms with Gasteiger partial charge in [-0.25, -0.2) is 0 Å². The van der Waals surface area contributed by atoms with Gasteiger partial charge in [0, 0.05) is 6.07 Å². The summed E-state index contributed by atoms with van der Waals surface area (Å²) in [4.78, 5) is 22.0. The van der Waals surface area contributed by atoms with Crippen molar-refractivity contribution in [2.24, 2.45) is 0 Å². The van der Waals surface area contributed by atoms with Crippen LogP contribution in [0.5, 0.6) is 11.5 Å². The van der Waals surface area contributed by atoms with Crippen LogP contribution in [0.3, 0.4) is 0 Å². The molecule has 0 amide bonds. The van der Waals surface area contributed by atoms with Gasteiger partial charge in [-0.3, -0.25) is 9.59 Å². The second kappa shape index (κ2) is 3.49. The first-order valence-corrected chi connectivity index (χ1v) is 4.01. The molecular weight excluding hydrogens is 184 g/mol. The summed E-state index contributed by atoms with van der Waals surface area (Å²) < 4.78 is 0. The summed E-state index contributed by atoms with van der Waals surface area (Å²) in [6, 6.07) is 2.18. The number of hydrogen-bond donors (Lipinski definition) is 2. The molecule has 1 aromatic carbocycles. The fourth-order valence-electron chi connectivity index (χ4n) is 1.14. The van der Waals surface area contributed by atoms with Crippen molar-refractivity contribution in [3.63, 3.8) is 0 Å². The number of phenols is 2. The van der Waals surface area contributed by atoms with Crippen molar-refractivity contribution < 1.29 is 19.8 Å². The maximum atomic E-state index is 11.0. The van der Waals surface area contributed by atoms with E-state index in [0.717, 1.165) is 6.07 Å². The zero-order chi connectivity index (χ0) is 10.9. The number of aromatic hydroxyl groups is 2. The molecule has 4 heteroatoms. The van der Waals surface area contributed by atoms with Crippen LogP contribution in [-0.4, -0.2) is 21.8 Å². The van der Waals surface area contributed by atoms with Crippen molar-refractivity contribution in [1.82, 2.24) is 0 Å². The molecule has 0 aliphatic rings. The normalized spacial score (nSPS) is 9.86. The summed E-state index contributed by atoms with van der Waals surface area (Å²) in [5, 5.41) is 18.6. The molecule has 0 heterocycles. The van der Waals surface area contributed by atoms with Crippen LogP contribution in [0.25, 0.3) is 0 Å². The Morgan fingerprint density at radius 3 is 1.57 bits per heavy atom. The standard InChI is InChI=1S/C10H10O4/c1-5(11)7-3-8(6(2)12)10(14)4-9(7)13/h3-4,13-14H,1-2H3. The average Bonchev–Trinajstić information content (AvgIpc) is 2.02. The third kappa shape index (κ3) is 1.74. The van der Waals surface area contributed by atoms with E-state index in [1.54, 1.807) is 0 Å². The largest absolute Gasteiger partial charge is 0.507 e. The van der Waals surface area contributed by atoms with Gasteiger partial charge in [-0.1, -0.05) is 0 Å². The van der Waals surface area contributed by atoms with Gasteiger partial charge in [0.1, 0.15) is 11.5 Å². The number of rotatable bonds is 2. The Bertz CT molecular complexity index is 372. The monoisotopic (exact) mass is 194 g/mol. The summed E-state index contributed by atoms with van der Waals surface area (Å²) >= 11 is 0. The molecule has 2 N–H and O–H groups in total.